The smallest absolute Gasteiger partial charge is 0.255 e. The molecule has 7 nitrogen and oxygen atoms in total. The highest BCUT2D eigenvalue weighted by atomic mass is 32.2. The average Bonchev–Trinajstić information content (AvgIpc) is 3.15. The summed E-state index contributed by atoms with van der Waals surface area (Å²) < 4.78 is 27.0. The number of amides is 2. The average molecular weight is 430 g/mol. The van der Waals surface area contributed by atoms with Crippen LogP contribution in [0.3, 0.4) is 0 Å². The van der Waals surface area contributed by atoms with Crippen molar-refractivity contribution in [2.75, 3.05) is 29.9 Å². The summed E-state index contributed by atoms with van der Waals surface area (Å²) in [6.45, 7) is 6.71. The SMILES string of the molecule is CCN(CC)S(=O)(=O)c1ccc(C)c(C(=O)Nc2cccc(N3CCCC3=O)c2)c1. The largest absolute Gasteiger partial charge is 0.322 e. The lowest BCUT2D eigenvalue weighted by molar-refractivity contribution is -0.117. The van der Waals surface area contributed by atoms with E-state index in [1.165, 1.54) is 16.4 Å². The molecular weight excluding hydrogens is 402 g/mol. The molecule has 0 aromatic heterocycles. The third-order valence-electron chi connectivity index (χ3n) is 5.29. The van der Waals surface area contributed by atoms with E-state index in [0.29, 0.717) is 42.9 Å². The molecule has 160 valence electrons. The fraction of sp³-hybridized carbons (Fsp3) is 0.364. The van der Waals surface area contributed by atoms with Crippen LogP contribution in [0.5, 0.6) is 0 Å². The molecule has 0 spiro atoms. The summed E-state index contributed by atoms with van der Waals surface area (Å²) in [6, 6.07) is 11.7. The van der Waals surface area contributed by atoms with Crippen LogP contribution in [0.2, 0.25) is 0 Å². The monoisotopic (exact) mass is 429 g/mol. The number of nitrogens with zero attached hydrogens (tertiary/aromatic N) is 2. The van der Waals surface area contributed by atoms with Gasteiger partial charge in [0.15, 0.2) is 0 Å². The fourth-order valence-electron chi connectivity index (χ4n) is 3.59. The molecule has 1 N–H and O–H groups in total. The van der Waals surface area contributed by atoms with Gasteiger partial charge in [-0.1, -0.05) is 26.0 Å². The van der Waals surface area contributed by atoms with Crippen molar-refractivity contribution in [2.45, 2.75) is 38.5 Å². The maximum Gasteiger partial charge on any atom is 0.255 e. The van der Waals surface area contributed by atoms with Crippen molar-refractivity contribution in [3.8, 4) is 0 Å². The van der Waals surface area contributed by atoms with Gasteiger partial charge in [-0.3, -0.25) is 9.59 Å². The second kappa shape index (κ2) is 8.97. The molecule has 30 heavy (non-hydrogen) atoms. The highest BCUT2D eigenvalue weighted by Crippen LogP contribution is 2.25. The molecule has 8 heteroatoms. The topological polar surface area (TPSA) is 86.8 Å². The molecule has 0 radical (unpaired) electrons. The van der Waals surface area contributed by atoms with Crippen LogP contribution >= 0.6 is 0 Å². The summed E-state index contributed by atoms with van der Waals surface area (Å²) in [4.78, 5) is 26.7. The molecule has 0 saturated carbocycles. The van der Waals surface area contributed by atoms with E-state index in [1.807, 2.05) is 6.07 Å². The van der Waals surface area contributed by atoms with Crippen LogP contribution < -0.4 is 10.2 Å². The summed E-state index contributed by atoms with van der Waals surface area (Å²) >= 11 is 0. The number of anilines is 2. The van der Waals surface area contributed by atoms with E-state index < -0.39 is 15.9 Å². The van der Waals surface area contributed by atoms with E-state index in [1.54, 1.807) is 49.9 Å². The lowest BCUT2D eigenvalue weighted by atomic mass is 10.1. The molecule has 2 aromatic carbocycles. The van der Waals surface area contributed by atoms with E-state index in [0.717, 1.165) is 12.1 Å². The summed E-state index contributed by atoms with van der Waals surface area (Å²) in [5.41, 5.74) is 2.27. The van der Waals surface area contributed by atoms with Gasteiger partial charge >= 0.3 is 0 Å². The van der Waals surface area contributed by atoms with Crippen LogP contribution in [0.25, 0.3) is 0 Å². The van der Waals surface area contributed by atoms with Gasteiger partial charge in [-0.25, -0.2) is 8.42 Å². The number of hydrogen-bond donors (Lipinski definition) is 1. The third-order valence-corrected chi connectivity index (χ3v) is 7.33. The van der Waals surface area contributed by atoms with Gasteiger partial charge in [0.25, 0.3) is 5.91 Å². The quantitative estimate of drug-likeness (QED) is 0.731. The first-order valence-electron chi connectivity index (χ1n) is 10.1. The van der Waals surface area contributed by atoms with Gasteiger partial charge in [0.1, 0.15) is 0 Å². The molecule has 1 aliphatic rings. The van der Waals surface area contributed by atoms with Gasteiger partial charge in [0.2, 0.25) is 15.9 Å². The van der Waals surface area contributed by atoms with Gasteiger partial charge in [0.05, 0.1) is 4.90 Å². The molecule has 1 heterocycles. The van der Waals surface area contributed by atoms with Crippen molar-refractivity contribution in [3.63, 3.8) is 0 Å². The lowest BCUT2D eigenvalue weighted by Crippen LogP contribution is -2.30. The number of nitrogens with one attached hydrogen (secondary N) is 1. The molecule has 1 saturated heterocycles. The Bertz CT molecular complexity index is 1060. The van der Waals surface area contributed by atoms with Gasteiger partial charge < -0.3 is 10.2 Å². The van der Waals surface area contributed by atoms with Crippen molar-refractivity contribution in [1.29, 1.82) is 0 Å². The normalized spacial score (nSPS) is 14.4. The molecule has 1 aliphatic heterocycles. The zero-order chi connectivity index (χ0) is 21.9. The number of sulfonamides is 1. The maximum atomic E-state index is 12.9. The molecule has 0 bridgehead atoms. The third kappa shape index (κ3) is 4.39. The minimum absolute atomic E-state index is 0.0728. The zero-order valence-corrected chi connectivity index (χ0v) is 18.3. The van der Waals surface area contributed by atoms with E-state index >= 15 is 0 Å². The van der Waals surface area contributed by atoms with Crippen LogP contribution in [0, 0.1) is 6.92 Å². The molecule has 0 aliphatic carbocycles. The Hall–Kier alpha value is -2.71. The first-order chi connectivity index (χ1) is 14.3. The first kappa shape index (κ1) is 22.0. The number of rotatable bonds is 7. The van der Waals surface area contributed by atoms with E-state index in [2.05, 4.69) is 5.32 Å². The number of carbonyl (C=O) groups excluding carboxylic acids is 2. The Morgan fingerprint density at radius 2 is 1.87 bits per heavy atom. The van der Waals surface area contributed by atoms with Crippen molar-refractivity contribution in [1.82, 2.24) is 4.31 Å². The fourth-order valence-corrected chi connectivity index (χ4v) is 5.07. The number of hydrogen-bond acceptors (Lipinski definition) is 4. The van der Waals surface area contributed by atoms with Gasteiger partial charge in [-0.2, -0.15) is 4.31 Å². The van der Waals surface area contributed by atoms with Crippen molar-refractivity contribution < 1.29 is 18.0 Å². The maximum absolute atomic E-state index is 12.9. The second-order valence-corrected chi connectivity index (χ2v) is 9.16. The highest BCUT2D eigenvalue weighted by molar-refractivity contribution is 7.89. The van der Waals surface area contributed by atoms with Crippen LogP contribution in [-0.4, -0.2) is 44.2 Å². The highest BCUT2D eigenvalue weighted by Gasteiger charge is 2.24. The van der Waals surface area contributed by atoms with Crippen LogP contribution in [0.15, 0.2) is 47.4 Å². The Morgan fingerprint density at radius 1 is 1.13 bits per heavy atom. The molecule has 1 fully saturated rings. The van der Waals surface area contributed by atoms with Crippen LogP contribution in [0.1, 0.15) is 42.6 Å². The van der Waals surface area contributed by atoms with Gasteiger partial charge in [-0.05, 0) is 49.2 Å². The zero-order valence-electron chi connectivity index (χ0n) is 17.5. The molecule has 0 atom stereocenters. The number of aryl methyl sites for hydroxylation is 1. The molecule has 3 rings (SSSR count). The predicted octanol–water partition coefficient (Wildman–Crippen LogP) is 3.40. The molecular formula is C22H27N3O4S. The Balaban J connectivity index is 1.87. The number of benzene rings is 2. The molecule has 0 unspecified atom stereocenters. The Labute approximate surface area is 177 Å². The van der Waals surface area contributed by atoms with Crippen molar-refractivity contribution in [3.05, 3.63) is 53.6 Å². The van der Waals surface area contributed by atoms with E-state index in [9.17, 15) is 18.0 Å². The Kier molecular flexibility index (Phi) is 6.58. The van der Waals surface area contributed by atoms with Crippen molar-refractivity contribution >= 4 is 33.2 Å². The van der Waals surface area contributed by atoms with Crippen molar-refractivity contribution in [2.24, 2.45) is 0 Å². The van der Waals surface area contributed by atoms with E-state index in [4.69, 9.17) is 0 Å². The minimum atomic E-state index is -3.66. The van der Waals surface area contributed by atoms with Gasteiger partial charge in [0, 0.05) is 43.0 Å². The lowest BCUT2D eigenvalue weighted by Gasteiger charge is -2.19. The number of carbonyl (C=O) groups is 2. The second-order valence-electron chi connectivity index (χ2n) is 7.22. The molecule has 2 amide bonds. The Morgan fingerprint density at radius 3 is 2.50 bits per heavy atom. The van der Waals surface area contributed by atoms with E-state index in [-0.39, 0.29) is 10.8 Å². The van der Waals surface area contributed by atoms with Gasteiger partial charge in [-0.15, -0.1) is 0 Å². The van der Waals surface area contributed by atoms with Crippen LogP contribution in [-0.2, 0) is 14.8 Å². The standard InChI is InChI=1S/C22H27N3O4S/c1-4-24(5-2)30(28,29)19-12-11-16(3)20(15-19)22(27)23-17-8-6-9-18(14-17)25-13-7-10-21(25)26/h6,8-9,11-12,14-15H,4-5,7,10,13H2,1-3H3,(H,23,27). The molecule has 2 aromatic rings. The van der Waals surface area contributed by atoms with Crippen LogP contribution in [0.4, 0.5) is 11.4 Å². The summed E-state index contributed by atoms with van der Waals surface area (Å²) in [5, 5.41) is 2.83. The minimum Gasteiger partial charge on any atom is -0.322 e. The summed E-state index contributed by atoms with van der Waals surface area (Å²) in [5.74, 6) is -0.322. The summed E-state index contributed by atoms with van der Waals surface area (Å²) in [7, 11) is -3.66. The first-order valence-corrected chi connectivity index (χ1v) is 11.5. The predicted molar refractivity (Wildman–Crippen MR) is 117 cm³/mol. The summed E-state index contributed by atoms with van der Waals surface area (Å²) in [6.07, 6.45) is 1.35.